The van der Waals surface area contributed by atoms with E-state index in [0.717, 1.165) is 0 Å². The first-order valence-electron chi connectivity index (χ1n) is 11.1. The molecule has 0 radical (unpaired) electrons. The van der Waals surface area contributed by atoms with Gasteiger partial charge in [0, 0.05) is 6.21 Å². The standard InChI is InChI=1S/C27H35N/c1-19(2)22-11-13-24-23(17-22)12-14-25-26(24,4)15-6-16-27(25,5)28-18-21-9-7-20(3)8-10-21/h7-11,13,17-19,25H,6,12,14-16H2,1-5H3/t25-,26-,27-/m1/s1. The highest BCUT2D eigenvalue weighted by Gasteiger charge is 2.51. The highest BCUT2D eigenvalue weighted by Crippen LogP contribution is 2.55. The third-order valence-corrected chi connectivity index (χ3v) is 7.60. The SMILES string of the molecule is Cc1ccc(C=N[C@]2(C)CCC[C@]3(C)c4ccc(C(C)C)cc4CC[C@@H]23)cc1. The van der Waals surface area contributed by atoms with E-state index in [4.69, 9.17) is 4.99 Å². The van der Waals surface area contributed by atoms with Crippen LogP contribution in [0.15, 0.2) is 47.5 Å². The van der Waals surface area contributed by atoms with Gasteiger partial charge in [-0.05, 0) is 79.0 Å². The van der Waals surface area contributed by atoms with E-state index in [1.807, 2.05) is 0 Å². The van der Waals surface area contributed by atoms with Crippen LogP contribution < -0.4 is 0 Å². The molecule has 1 nitrogen and oxygen atoms in total. The number of benzene rings is 2. The van der Waals surface area contributed by atoms with Crippen molar-refractivity contribution in [3.05, 3.63) is 70.3 Å². The summed E-state index contributed by atoms with van der Waals surface area (Å²) in [6, 6.07) is 16.0. The van der Waals surface area contributed by atoms with E-state index in [1.165, 1.54) is 48.8 Å². The van der Waals surface area contributed by atoms with Crippen LogP contribution in [0.1, 0.15) is 87.1 Å². The fourth-order valence-corrected chi connectivity index (χ4v) is 5.87. The molecule has 1 saturated carbocycles. The van der Waals surface area contributed by atoms with Crippen LogP contribution in [0.3, 0.4) is 0 Å². The van der Waals surface area contributed by atoms with Crippen molar-refractivity contribution in [3.8, 4) is 0 Å². The molecule has 4 rings (SSSR count). The molecule has 2 aliphatic rings. The lowest BCUT2D eigenvalue weighted by atomic mass is 9.52. The summed E-state index contributed by atoms with van der Waals surface area (Å²) in [6.07, 6.45) is 8.34. The molecule has 1 fully saturated rings. The van der Waals surface area contributed by atoms with Gasteiger partial charge in [-0.2, -0.15) is 0 Å². The molecule has 0 aromatic heterocycles. The van der Waals surface area contributed by atoms with Gasteiger partial charge in [-0.1, -0.05) is 75.2 Å². The molecule has 0 spiro atoms. The summed E-state index contributed by atoms with van der Waals surface area (Å²) in [5.74, 6) is 1.22. The lowest BCUT2D eigenvalue weighted by Gasteiger charge is -2.54. The van der Waals surface area contributed by atoms with Crippen LogP contribution in [0, 0.1) is 12.8 Å². The van der Waals surface area contributed by atoms with E-state index in [0.29, 0.717) is 11.8 Å². The van der Waals surface area contributed by atoms with E-state index in [1.54, 1.807) is 11.1 Å². The Kier molecular flexibility index (Phi) is 4.98. The van der Waals surface area contributed by atoms with Crippen molar-refractivity contribution < 1.29 is 0 Å². The summed E-state index contributed by atoms with van der Waals surface area (Å²) in [5, 5.41) is 0. The van der Waals surface area contributed by atoms with Gasteiger partial charge >= 0.3 is 0 Å². The number of fused-ring (bicyclic) bond motifs is 3. The van der Waals surface area contributed by atoms with Crippen LogP contribution in [0.2, 0.25) is 0 Å². The molecule has 0 saturated heterocycles. The van der Waals surface area contributed by atoms with Crippen LogP contribution in [0.25, 0.3) is 0 Å². The van der Waals surface area contributed by atoms with Crippen molar-refractivity contribution in [2.45, 2.75) is 83.6 Å². The maximum Gasteiger partial charge on any atom is 0.0616 e. The molecule has 2 aromatic carbocycles. The van der Waals surface area contributed by atoms with E-state index >= 15 is 0 Å². The second kappa shape index (κ2) is 7.17. The first-order valence-corrected chi connectivity index (χ1v) is 11.1. The van der Waals surface area contributed by atoms with Crippen molar-refractivity contribution in [1.82, 2.24) is 0 Å². The second-order valence-electron chi connectivity index (χ2n) is 9.96. The molecule has 0 heterocycles. The Bertz CT molecular complexity index is 876. The molecule has 3 atom stereocenters. The number of nitrogens with zero attached hydrogens (tertiary/aromatic N) is 1. The molecule has 148 valence electrons. The fourth-order valence-electron chi connectivity index (χ4n) is 5.87. The number of aliphatic imine (C=N–C) groups is 1. The van der Waals surface area contributed by atoms with Crippen LogP contribution in [-0.2, 0) is 11.8 Å². The topological polar surface area (TPSA) is 12.4 Å². The smallest absolute Gasteiger partial charge is 0.0616 e. The Balaban J connectivity index is 1.67. The molecule has 2 aromatic rings. The Morgan fingerprint density at radius 2 is 1.79 bits per heavy atom. The Labute approximate surface area is 171 Å². The minimum atomic E-state index is 0.0340. The molecular weight excluding hydrogens is 338 g/mol. The van der Waals surface area contributed by atoms with Crippen LogP contribution in [0.5, 0.6) is 0 Å². The summed E-state index contributed by atoms with van der Waals surface area (Å²) in [6.45, 7) is 11.7. The van der Waals surface area contributed by atoms with E-state index in [9.17, 15) is 0 Å². The number of hydrogen-bond donors (Lipinski definition) is 0. The van der Waals surface area contributed by atoms with Crippen molar-refractivity contribution in [3.63, 3.8) is 0 Å². The Morgan fingerprint density at radius 3 is 2.50 bits per heavy atom. The third kappa shape index (κ3) is 3.34. The highest BCUT2D eigenvalue weighted by molar-refractivity contribution is 5.80. The zero-order valence-electron chi connectivity index (χ0n) is 18.3. The van der Waals surface area contributed by atoms with Crippen LogP contribution in [0.4, 0.5) is 0 Å². The first kappa shape index (κ1) is 19.4. The van der Waals surface area contributed by atoms with Gasteiger partial charge in [0.25, 0.3) is 0 Å². The molecule has 1 heteroatoms. The predicted octanol–water partition coefficient (Wildman–Crippen LogP) is 7.00. The second-order valence-corrected chi connectivity index (χ2v) is 9.96. The molecule has 0 unspecified atom stereocenters. The number of rotatable bonds is 3. The summed E-state index contributed by atoms with van der Waals surface area (Å²) in [4.78, 5) is 5.24. The normalized spacial score (nSPS) is 29.7. The van der Waals surface area contributed by atoms with Gasteiger partial charge in [0.05, 0.1) is 5.54 Å². The fraction of sp³-hybridized carbons (Fsp3) is 0.519. The average molecular weight is 374 g/mol. The monoisotopic (exact) mass is 373 g/mol. The van der Waals surface area contributed by atoms with E-state index in [-0.39, 0.29) is 11.0 Å². The zero-order chi connectivity index (χ0) is 19.9. The largest absolute Gasteiger partial charge is 0.286 e. The summed E-state index contributed by atoms with van der Waals surface area (Å²) < 4.78 is 0. The number of hydrogen-bond acceptors (Lipinski definition) is 1. The van der Waals surface area contributed by atoms with Gasteiger partial charge in [-0.3, -0.25) is 4.99 Å². The lowest BCUT2D eigenvalue weighted by Crippen LogP contribution is -2.52. The van der Waals surface area contributed by atoms with E-state index < -0.39 is 0 Å². The Morgan fingerprint density at radius 1 is 1.04 bits per heavy atom. The lowest BCUT2D eigenvalue weighted by molar-refractivity contribution is 0.0927. The van der Waals surface area contributed by atoms with Crippen molar-refractivity contribution in [2.24, 2.45) is 10.9 Å². The Hall–Kier alpha value is -1.89. The van der Waals surface area contributed by atoms with Gasteiger partial charge in [-0.25, -0.2) is 0 Å². The summed E-state index contributed by atoms with van der Waals surface area (Å²) in [5.41, 5.74) is 7.49. The van der Waals surface area contributed by atoms with Crippen molar-refractivity contribution >= 4 is 6.21 Å². The van der Waals surface area contributed by atoms with Gasteiger partial charge in [0.2, 0.25) is 0 Å². The average Bonchev–Trinajstić information content (AvgIpc) is 2.67. The molecule has 0 amide bonds. The van der Waals surface area contributed by atoms with Crippen molar-refractivity contribution in [2.75, 3.05) is 0 Å². The maximum absolute atomic E-state index is 5.24. The zero-order valence-corrected chi connectivity index (χ0v) is 18.3. The molecular formula is C27H35N. The summed E-state index contributed by atoms with van der Waals surface area (Å²) >= 11 is 0. The van der Waals surface area contributed by atoms with Gasteiger partial charge < -0.3 is 0 Å². The third-order valence-electron chi connectivity index (χ3n) is 7.60. The number of aryl methyl sites for hydroxylation is 2. The van der Waals surface area contributed by atoms with Gasteiger partial charge in [-0.15, -0.1) is 0 Å². The minimum Gasteiger partial charge on any atom is -0.286 e. The molecule has 0 bridgehead atoms. The molecule has 0 aliphatic heterocycles. The van der Waals surface area contributed by atoms with Gasteiger partial charge in [0.1, 0.15) is 0 Å². The highest BCUT2D eigenvalue weighted by atomic mass is 14.9. The predicted molar refractivity (Wildman–Crippen MR) is 121 cm³/mol. The summed E-state index contributed by atoms with van der Waals surface area (Å²) in [7, 11) is 0. The minimum absolute atomic E-state index is 0.0340. The van der Waals surface area contributed by atoms with Crippen molar-refractivity contribution in [1.29, 1.82) is 0 Å². The first-order chi connectivity index (χ1) is 13.3. The van der Waals surface area contributed by atoms with Crippen LogP contribution in [-0.4, -0.2) is 11.8 Å². The molecule has 2 aliphatic carbocycles. The van der Waals surface area contributed by atoms with E-state index in [2.05, 4.69) is 83.3 Å². The van der Waals surface area contributed by atoms with Gasteiger partial charge in [0.15, 0.2) is 0 Å². The maximum atomic E-state index is 5.24. The molecule has 0 N–H and O–H groups in total. The molecule has 28 heavy (non-hydrogen) atoms. The van der Waals surface area contributed by atoms with Crippen LogP contribution >= 0.6 is 0 Å². The quantitative estimate of drug-likeness (QED) is 0.514.